The number of benzene rings is 1. The summed E-state index contributed by atoms with van der Waals surface area (Å²) in [7, 11) is 0. The Bertz CT molecular complexity index is 906. The number of aromatic nitrogens is 2. The second-order valence-electron chi connectivity index (χ2n) is 6.79. The standard InChI is InChI=1S/C20H23FN2O5/c1-11(2)18-16(8-7-14(24)9-15(25)10-17(26)27)19(23-20(28)22-18)12-3-5-13(21)6-4-12/h3-8,11,14-15,24-25H,9-10H2,1-2H3,(H,26,27)(H,22,23,28)/b8-7+/t14-,15-/m1/s1. The molecule has 0 aliphatic carbocycles. The normalized spacial score (nSPS) is 13.8. The minimum absolute atomic E-state index is 0.0655. The Morgan fingerprint density at radius 2 is 1.89 bits per heavy atom. The van der Waals surface area contributed by atoms with Crippen LogP contribution in [-0.2, 0) is 4.79 Å². The van der Waals surface area contributed by atoms with Gasteiger partial charge in [-0.3, -0.25) is 4.79 Å². The zero-order valence-corrected chi connectivity index (χ0v) is 15.6. The van der Waals surface area contributed by atoms with E-state index in [9.17, 15) is 24.2 Å². The third-order valence-electron chi connectivity index (χ3n) is 4.10. The first-order valence-electron chi connectivity index (χ1n) is 8.83. The number of carboxylic acids is 1. The molecule has 0 saturated heterocycles. The summed E-state index contributed by atoms with van der Waals surface area (Å²) in [5.74, 6) is -1.64. The van der Waals surface area contributed by atoms with Crippen molar-refractivity contribution < 1.29 is 24.5 Å². The van der Waals surface area contributed by atoms with Gasteiger partial charge >= 0.3 is 11.7 Å². The van der Waals surface area contributed by atoms with E-state index in [1.165, 1.54) is 30.3 Å². The minimum Gasteiger partial charge on any atom is -0.481 e. The van der Waals surface area contributed by atoms with Crippen LogP contribution in [0.4, 0.5) is 4.39 Å². The highest BCUT2D eigenvalue weighted by atomic mass is 19.1. The number of aromatic amines is 1. The first-order chi connectivity index (χ1) is 13.2. The zero-order valence-electron chi connectivity index (χ0n) is 15.6. The van der Waals surface area contributed by atoms with Crippen LogP contribution in [0.2, 0.25) is 0 Å². The van der Waals surface area contributed by atoms with Crippen LogP contribution in [0.1, 0.15) is 43.9 Å². The molecule has 28 heavy (non-hydrogen) atoms. The second kappa shape index (κ2) is 9.38. The van der Waals surface area contributed by atoms with Crippen LogP contribution in [0, 0.1) is 5.82 Å². The van der Waals surface area contributed by atoms with Crippen molar-refractivity contribution in [3.8, 4) is 11.3 Å². The molecule has 1 heterocycles. The molecule has 7 nitrogen and oxygen atoms in total. The van der Waals surface area contributed by atoms with Gasteiger partial charge < -0.3 is 20.3 Å². The van der Waals surface area contributed by atoms with Gasteiger partial charge in [0.25, 0.3) is 0 Å². The maximum atomic E-state index is 13.3. The molecule has 8 heteroatoms. The largest absolute Gasteiger partial charge is 0.481 e. The summed E-state index contributed by atoms with van der Waals surface area (Å²) in [6, 6.07) is 5.53. The lowest BCUT2D eigenvalue weighted by Gasteiger charge is -2.15. The fraction of sp³-hybridized carbons (Fsp3) is 0.350. The van der Waals surface area contributed by atoms with Gasteiger partial charge in [-0.2, -0.15) is 4.98 Å². The molecule has 0 spiro atoms. The van der Waals surface area contributed by atoms with Gasteiger partial charge in [-0.25, -0.2) is 9.18 Å². The zero-order chi connectivity index (χ0) is 20.8. The number of hydrogen-bond acceptors (Lipinski definition) is 5. The summed E-state index contributed by atoms with van der Waals surface area (Å²) in [5, 5.41) is 28.4. The molecule has 0 aliphatic rings. The maximum Gasteiger partial charge on any atom is 0.345 e. The van der Waals surface area contributed by atoms with Gasteiger partial charge in [-0.1, -0.05) is 26.0 Å². The molecular formula is C20H23FN2O5. The van der Waals surface area contributed by atoms with Gasteiger partial charge in [0, 0.05) is 23.2 Å². The summed E-state index contributed by atoms with van der Waals surface area (Å²) in [6.07, 6.45) is 0.0643. The van der Waals surface area contributed by atoms with Gasteiger partial charge in [0.15, 0.2) is 0 Å². The number of halogens is 1. The number of carbonyl (C=O) groups is 1. The van der Waals surface area contributed by atoms with Crippen LogP contribution in [-0.4, -0.2) is 43.5 Å². The smallest absolute Gasteiger partial charge is 0.345 e. The summed E-state index contributed by atoms with van der Waals surface area (Å²) in [6.45, 7) is 3.76. The predicted molar refractivity (Wildman–Crippen MR) is 102 cm³/mol. The van der Waals surface area contributed by atoms with Crippen LogP contribution in [0.25, 0.3) is 17.3 Å². The number of carboxylic acid groups (broad SMARTS) is 1. The van der Waals surface area contributed by atoms with Crippen molar-refractivity contribution in [1.29, 1.82) is 0 Å². The number of nitrogens with zero attached hydrogens (tertiary/aromatic N) is 1. The van der Waals surface area contributed by atoms with Crippen molar-refractivity contribution >= 4 is 12.0 Å². The van der Waals surface area contributed by atoms with Crippen molar-refractivity contribution in [1.82, 2.24) is 9.97 Å². The van der Waals surface area contributed by atoms with Gasteiger partial charge in [0.2, 0.25) is 0 Å². The lowest BCUT2D eigenvalue weighted by Crippen LogP contribution is -2.19. The van der Waals surface area contributed by atoms with Crippen molar-refractivity contribution in [3.05, 3.63) is 57.9 Å². The average molecular weight is 390 g/mol. The van der Waals surface area contributed by atoms with Crippen molar-refractivity contribution in [2.24, 2.45) is 0 Å². The Balaban J connectivity index is 2.42. The van der Waals surface area contributed by atoms with E-state index >= 15 is 0 Å². The number of rotatable bonds is 8. The van der Waals surface area contributed by atoms with E-state index < -0.39 is 36.1 Å². The Morgan fingerprint density at radius 1 is 1.25 bits per heavy atom. The molecule has 0 unspecified atom stereocenters. The van der Waals surface area contributed by atoms with Crippen LogP contribution in [0.5, 0.6) is 0 Å². The van der Waals surface area contributed by atoms with E-state index in [-0.39, 0.29) is 12.3 Å². The summed E-state index contributed by atoms with van der Waals surface area (Å²) in [4.78, 5) is 29.3. The molecule has 2 aromatic rings. The maximum absolute atomic E-state index is 13.3. The van der Waals surface area contributed by atoms with E-state index in [1.807, 2.05) is 13.8 Å². The molecule has 1 aromatic carbocycles. The number of aliphatic carboxylic acids is 1. The first kappa shape index (κ1) is 21.5. The van der Waals surface area contributed by atoms with Gasteiger partial charge in [-0.05, 0) is 30.2 Å². The lowest BCUT2D eigenvalue weighted by molar-refractivity contribution is -0.139. The molecule has 2 atom stereocenters. The molecule has 4 N–H and O–H groups in total. The summed E-state index contributed by atoms with van der Waals surface area (Å²) in [5.41, 5.74) is 1.47. The second-order valence-corrected chi connectivity index (χ2v) is 6.79. The molecule has 0 fully saturated rings. The van der Waals surface area contributed by atoms with E-state index in [0.29, 0.717) is 22.5 Å². The third-order valence-corrected chi connectivity index (χ3v) is 4.10. The predicted octanol–water partition coefficient (Wildman–Crippen LogP) is 2.30. The van der Waals surface area contributed by atoms with Gasteiger partial charge in [0.1, 0.15) is 5.82 Å². The van der Waals surface area contributed by atoms with E-state index in [1.54, 1.807) is 6.08 Å². The van der Waals surface area contributed by atoms with Crippen LogP contribution < -0.4 is 5.69 Å². The molecule has 0 amide bonds. The molecule has 0 aliphatic heterocycles. The fourth-order valence-electron chi connectivity index (χ4n) is 2.80. The highest BCUT2D eigenvalue weighted by Gasteiger charge is 2.17. The fourth-order valence-corrected chi connectivity index (χ4v) is 2.80. The van der Waals surface area contributed by atoms with Crippen LogP contribution >= 0.6 is 0 Å². The number of H-pyrrole nitrogens is 1. The van der Waals surface area contributed by atoms with Crippen molar-refractivity contribution in [3.63, 3.8) is 0 Å². The monoisotopic (exact) mass is 390 g/mol. The molecular weight excluding hydrogens is 367 g/mol. The summed E-state index contributed by atoms with van der Waals surface area (Å²) >= 11 is 0. The average Bonchev–Trinajstić information content (AvgIpc) is 2.59. The molecule has 0 bridgehead atoms. The first-order valence-corrected chi connectivity index (χ1v) is 8.83. The number of hydrogen-bond donors (Lipinski definition) is 4. The Hall–Kier alpha value is -2.84. The topological polar surface area (TPSA) is 124 Å². The molecule has 1 aromatic heterocycles. The molecule has 0 saturated carbocycles. The minimum atomic E-state index is -1.19. The Kier molecular flexibility index (Phi) is 7.19. The number of nitrogens with one attached hydrogen (secondary N) is 1. The SMILES string of the molecule is CC(C)c1[nH]c(=O)nc(-c2ccc(F)cc2)c1/C=C/[C@@H](O)C[C@@H](O)CC(=O)O. The van der Waals surface area contributed by atoms with E-state index in [2.05, 4.69) is 9.97 Å². The van der Waals surface area contributed by atoms with Gasteiger partial charge in [-0.15, -0.1) is 0 Å². The lowest BCUT2D eigenvalue weighted by atomic mass is 9.97. The highest BCUT2D eigenvalue weighted by molar-refractivity contribution is 5.73. The Labute approximate surface area is 161 Å². The molecule has 2 rings (SSSR count). The quantitative estimate of drug-likeness (QED) is 0.548. The van der Waals surface area contributed by atoms with Gasteiger partial charge in [0.05, 0.1) is 24.3 Å². The van der Waals surface area contributed by atoms with Crippen LogP contribution in [0.15, 0.2) is 35.1 Å². The number of aliphatic hydroxyl groups is 2. The number of aliphatic hydroxyl groups excluding tert-OH is 2. The Morgan fingerprint density at radius 3 is 2.46 bits per heavy atom. The highest BCUT2D eigenvalue weighted by Crippen LogP contribution is 2.27. The summed E-state index contributed by atoms with van der Waals surface area (Å²) < 4.78 is 13.3. The third kappa shape index (κ3) is 5.83. The molecule has 0 radical (unpaired) electrons. The van der Waals surface area contributed by atoms with E-state index in [0.717, 1.165) is 0 Å². The van der Waals surface area contributed by atoms with Crippen molar-refractivity contribution in [2.45, 2.75) is 44.8 Å². The van der Waals surface area contributed by atoms with Crippen LogP contribution in [0.3, 0.4) is 0 Å². The van der Waals surface area contributed by atoms with Crippen molar-refractivity contribution in [2.75, 3.05) is 0 Å². The molecule has 150 valence electrons. The van der Waals surface area contributed by atoms with E-state index in [4.69, 9.17) is 5.11 Å².